The van der Waals surface area contributed by atoms with Crippen LogP contribution in [0.25, 0.3) is 0 Å². The molecule has 0 saturated heterocycles. The van der Waals surface area contributed by atoms with E-state index in [4.69, 9.17) is 10.8 Å². The molecule has 1 aromatic rings. The van der Waals surface area contributed by atoms with E-state index >= 15 is 0 Å². The lowest BCUT2D eigenvalue weighted by atomic mass is 10.2. The summed E-state index contributed by atoms with van der Waals surface area (Å²) in [5, 5.41) is 10.9. The van der Waals surface area contributed by atoms with Crippen molar-refractivity contribution in [1.82, 2.24) is 0 Å². The quantitative estimate of drug-likeness (QED) is 0.752. The number of anilines is 1. The third-order valence-electron chi connectivity index (χ3n) is 1.89. The Morgan fingerprint density at radius 2 is 1.94 bits per heavy atom. The smallest absolute Gasteiger partial charge is 0.406 e. The maximum Gasteiger partial charge on any atom is 0.573 e. The molecule has 1 atom stereocenters. The summed E-state index contributed by atoms with van der Waals surface area (Å²) < 4.78 is 39.3. The van der Waals surface area contributed by atoms with Crippen LogP contribution in [0.2, 0.25) is 0 Å². The fraction of sp³-hybridized carbons (Fsp3) is 0.300. The molecule has 0 aliphatic carbocycles. The minimum absolute atomic E-state index is 0.249. The molecule has 1 aromatic carbocycles. The molecule has 5 nitrogen and oxygen atoms in total. The Morgan fingerprint density at radius 1 is 1.39 bits per heavy atom. The number of aliphatic hydroxyl groups excluding tert-OH is 1. The van der Waals surface area contributed by atoms with E-state index in [2.05, 4.69) is 10.1 Å². The van der Waals surface area contributed by atoms with Crippen LogP contribution in [0.15, 0.2) is 24.3 Å². The summed E-state index contributed by atoms with van der Waals surface area (Å²) >= 11 is 0. The molecule has 0 aliphatic heterocycles. The van der Waals surface area contributed by atoms with Gasteiger partial charge in [0.1, 0.15) is 11.8 Å². The van der Waals surface area contributed by atoms with Crippen LogP contribution in [0.1, 0.15) is 0 Å². The van der Waals surface area contributed by atoms with Gasteiger partial charge < -0.3 is 20.9 Å². The predicted molar refractivity (Wildman–Crippen MR) is 56.8 cm³/mol. The first-order chi connectivity index (χ1) is 8.31. The molecule has 0 unspecified atom stereocenters. The molecule has 4 N–H and O–H groups in total. The SMILES string of the molecule is N[C@H](CO)C(=O)Nc1ccc(OC(F)(F)F)cc1. The number of benzene rings is 1. The maximum atomic E-state index is 11.9. The Hall–Kier alpha value is -1.80. The number of amides is 1. The van der Waals surface area contributed by atoms with Crippen molar-refractivity contribution in [2.24, 2.45) is 5.73 Å². The van der Waals surface area contributed by atoms with E-state index in [0.29, 0.717) is 0 Å². The van der Waals surface area contributed by atoms with Crippen LogP contribution in [-0.4, -0.2) is 30.0 Å². The summed E-state index contributed by atoms with van der Waals surface area (Å²) in [7, 11) is 0. The van der Waals surface area contributed by atoms with Crippen molar-refractivity contribution in [2.45, 2.75) is 12.4 Å². The van der Waals surface area contributed by atoms with Crippen LogP contribution in [0.5, 0.6) is 5.75 Å². The first-order valence-corrected chi connectivity index (χ1v) is 4.85. The van der Waals surface area contributed by atoms with E-state index in [0.717, 1.165) is 12.1 Å². The van der Waals surface area contributed by atoms with Gasteiger partial charge in [0.15, 0.2) is 0 Å². The van der Waals surface area contributed by atoms with Crippen molar-refractivity contribution in [1.29, 1.82) is 0 Å². The number of alkyl halides is 3. The molecular weight excluding hydrogens is 253 g/mol. The van der Waals surface area contributed by atoms with Gasteiger partial charge in [-0.2, -0.15) is 0 Å². The second-order valence-electron chi connectivity index (χ2n) is 3.35. The Kier molecular flexibility index (Phi) is 4.51. The number of hydrogen-bond acceptors (Lipinski definition) is 4. The van der Waals surface area contributed by atoms with Crippen LogP contribution in [0.4, 0.5) is 18.9 Å². The van der Waals surface area contributed by atoms with Gasteiger partial charge in [0.2, 0.25) is 5.91 Å². The topological polar surface area (TPSA) is 84.6 Å². The van der Waals surface area contributed by atoms with Crippen molar-refractivity contribution < 1.29 is 27.8 Å². The molecule has 0 fully saturated rings. The molecule has 0 heterocycles. The van der Waals surface area contributed by atoms with Gasteiger partial charge >= 0.3 is 6.36 Å². The Morgan fingerprint density at radius 3 is 2.39 bits per heavy atom. The summed E-state index contributed by atoms with van der Waals surface area (Å²) in [5.74, 6) is -1.03. The van der Waals surface area contributed by atoms with Crippen LogP contribution < -0.4 is 15.8 Å². The van der Waals surface area contributed by atoms with Crippen molar-refractivity contribution in [3.05, 3.63) is 24.3 Å². The number of ether oxygens (including phenoxy) is 1. The number of hydrogen-bond donors (Lipinski definition) is 3. The van der Waals surface area contributed by atoms with Crippen molar-refractivity contribution >= 4 is 11.6 Å². The van der Waals surface area contributed by atoms with E-state index in [-0.39, 0.29) is 5.69 Å². The summed E-state index contributed by atoms with van der Waals surface area (Å²) in [6.07, 6.45) is -4.76. The van der Waals surface area contributed by atoms with E-state index in [9.17, 15) is 18.0 Å². The third-order valence-corrected chi connectivity index (χ3v) is 1.89. The van der Waals surface area contributed by atoms with Gasteiger partial charge in [-0.05, 0) is 24.3 Å². The fourth-order valence-electron chi connectivity index (χ4n) is 1.06. The fourth-order valence-corrected chi connectivity index (χ4v) is 1.06. The van der Waals surface area contributed by atoms with Crippen LogP contribution in [-0.2, 0) is 4.79 Å². The number of carbonyl (C=O) groups excluding carboxylic acids is 1. The standard InChI is InChI=1S/C10H11F3N2O3/c11-10(12,13)18-7-3-1-6(2-4-7)15-9(17)8(14)5-16/h1-4,8,16H,5,14H2,(H,15,17)/t8-/m1/s1. The highest BCUT2D eigenvalue weighted by Gasteiger charge is 2.30. The first-order valence-electron chi connectivity index (χ1n) is 4.85. The molecule has 1 rings (SSSR count). The highest BCUT2D eigenvalue weighted by molar-refractivity contribution is 5.94. The van der Waals surface area contributed by atoms with Gasteiger partial charge in [-0.3, -0.25) is 4.79 Å². The zero-order valence-electron chi connectivity index (χ0n) is 9.07. The number of nitrogens with one attached hydrogen (secondary N) is 1. The first kappa shape index (κ1) is 14.3. The minimum atomic E-state index is -4.76. The molecule has 0 aromatic heterocycles. The van der Waals surface area contributed by atoms with Crippen LogP contribution in [0.3, 0.4) is 0 Å². The van der Waals surface area contributed by atoms with Crippen LogP contribution in [0, 0.1) is 0 Å². The molecule has 18 heavy (non-hydrogen) atoms. The van der Waals surface area contributed by atoms with E-state index in [1.807, 2.05) is 0 Å². The minimum Gasteiger partial charge on any atom is -0.406 e. The Bertz CT molecular complexity index is 406. The molecule has 0 aliphatic rings. The lowest BCUT2D eigenvalue weighted by Crippen LogP contribution is -2.38. The van der Waals surface area contributed by atoms with E-state index < -0.39 is 30.7 Å². The summed E-state index contributed by atoms with van der Waals surface area (Å²) in [5.41, 5.74) is 5.49. The molecule has 0 saturated carbocycles. The lowest BCUT2D eigenvalue weighted by Gasteiger charge is -2.11. The lowest BCUT2D eigenvalue weighted by molar-refractivity contribution is -0.274. The van der Waals surface area contributed by atoms with E-state index in [1.54, 1.807) is 0 Å². The molecule has 1 amide bonds. The highest BCUT2D eigenvalue weighted by Crippen LogP contribution is 2.23. The number of halogens is 3. The van der Waals surface area contributed by atoms with Gasteiger partial charge in [0.05, 0.1) is 6.61 Å². The normalized spacial score (nSPS) is 12.9. The molecular formula is C10H11F3N2O3. The van der Waals surface area contributed by atoms with Gasteiger partial charge in [-0.25, -0.2) is 0 Å². The summed E-state index contributed by atoms with van der Waals surface area (Å²) in [6.45, 7) is -0.527. The second-order valence-corrected chi connectivity index (χ2v) is 3.35. The van der Waals surface area contributed by atoms with Gasteiger partial charge in [0.25, 0.3) is 0 Å². The molecule has 100 valence electrons. The van der Waals surface area contributed by atoms with Crippen LogP contribution >= 0.6 is 0 Å². The highest BCUT2D eigenvalue weighted by atomic mass is 19.4. The van der Waals surface area contributed by atoms with Crippen molar-refractivity contribution in [3.63, 3.8) is 0 Å². The largest absolute Gasteiger partial charge is 0.573 e. The summed E-state index contributed by atoms with van der Waals surface area (Å²) in [6, 6.07) is 3.46. The average Bonchev–Trinajstić information content (AvgIpc) is 2.28. The molecule has 8 heteroatoms. The third kappa shape index (κ3) is 4.60. The molecule has 0 radical (unpaired) electrons. The summed E-state index contributed by atoms with van der Waals surface area (Å²) in [4.78, 5) is 11.2. The molecule has 0 spiro atoms. The monoisotopic (exact) mass is 264 g/mol. The van der Waals surface area contributed by atoms with Crippen molar-refractivity contribution in [2.75, 3.05) is 11.9 Å². The number of nitrogens with two attached hydrogens (primary N) is 1. The predicted octanol–water partition coefficient (Wildman–Crippen LogP) is 0.843. The van der Waals surface area contributed by atoms with Gasteiger partial charge in [-0.1, -0.05) is 0 Å². The zero-order valence-corrected chi connectivity index (χ0v) is 9.07. The van der Waals surface area contributed by atoms with Gasteiger partial charge in [0, 0.05) is 5.69 Å². The van der Waals surface area contributed by atoms with E-state index in [1.165, 1.54) is 12.1 Å². The number of rotatable bonds is 4. The zero-order chi connectivity index (χ0) is 13.8. The Labute approximate surface area is 100 Å². The molecule has 0 bridgehead atoms. The number of aliphatic hydroxyl groups is 1. The van der Waals surface area contributed by atoms with Gasteiger partial charge in [-0.15, -0.1) is 13.2 Å². The maximum absolute atomic E-state index is 11.9. The second kappa shape index (κ2) is 5.69. The average molecular weight is 264 g/mol. The Balaban J connectivity index is 2.63. The van der Waals surface area contributed by atoms with Crippen molar-refractivity contribution in [3.8, 4) is 5.75 Å². The number of carbonyl (C=O) groups is 1.